The quantitative estimate of drug-likeness (QED) is 0.777. The highest BCUT2D eigenvalue weighted by atomic mass is 32.2. The van der Waals surface area contributed by atoms with Crippen LogP contribution in [0, 0.1) is 5.92 Å². The lowest BCUT2D eigenvalue weighted by atomic mass is 10.2. The lowest BCUT2D eigenvalue weighted by Crippen LogP contribution is -2.31. The molecule has 1 aliphatic carbocycles. The summed E-state index contributed by atoms with van der Waals surface area (Å²) in [5.41, 5.74) is -0.981. The number of hydrogen-bond donors (Lipinski definition) is 1. The van der Waals surface area contributed by atoms with Crippen molar-refractivity contribution >= 4 is 10.0 Å². The molecular weight excluding hydrogens is 309 g/mol. The van der Waals surface area contributed by atoms with Gasteiger partial charge in [-0.2, -0.15) is 13.2 Å². The Kier molecular flexibility index (Phi) is 4.72. The van der Waals surface area contributed by atoms with Crippen molar-refractivity contribution in [1.82, 2.24) is 9.71 Å². The first-order valence-electron chi connectivity index (χ1n) is 6.40. The number of aromatic nitrogens is 1. The predicted octanol–water partition coefficient (Wildman–Crippen LogP) is 1.81. The highest BCUT2D eigenvalue weighted by Crippen LogP contribution is 2.34. The standard InChI is InChI=1S/C12H15F3N2O3S/c13-12(14,15)10-2-1-5-16-11(10)20-7-6-17-21(18,19)8-9-3-4-9/h1-2,5,9,17H,3-4,6-8H2. The van der Waals surface area contributed by atoms with Gasteiger partial charge in [-0.1, -0.05) is 0 Å². The van der Waals surface area contributed by atoms with Gasteiger partial charge in [0.15, 0.2) is 0 Å². The summed E-state index contributed by atoms with van der Waals surface area (Å²) in [6.45, 7) is -0.313. The van der Waals surface area contributed by atoms with Crippen LogP contribution < -0.4 is 9.46 Å². The van der Waals surface area contributed by atoms with Gasteiger partial charge >= 0.3 is 6.18 Å². The van der Waals surface area contributed by atoms with Crippen molar-refractivity contribution in [2.75, 3.05) is 18.9 Å². The maximum Gasteiger partial charge on any atom is 0.421 e. The zero-order valence-corrected chi connectivity index (χ0v) is 11.9. The summed E-state index contributed by atoms with van der Waals surface area (Å²) in [4.78, 5) is 3.52. The number of pyridine rings is 1. The van der Waals surface area contributed by atoms with Gasteiger partial charge in [-0.25, -0.2) is 18.1 Å². The summed E-state index contributed by atoms with van der Waals surface area (Å²) in [6, 6.07) is 2.02. The third-order valence-electron chi connectivity index (χ3n) is 2.89. The normalized spacial score (nSPS) is 16.0. The SMILES string of the molecule is O=S(=O)(CC1CC1)NCCOc1ncccc1C(F)(F)F. The minimum absolute atomic E-state index is 0.0599. The number of nitrogens with one attached hydrogen (secondary N) is 1. The molecule has 0 bridgehead atoms. The number of alkyl halides is 3. The Morgan fingerprint density at radius 1 is 1.38 bits per heavy atom. The van der Waals surface area contributed by atoms with E-state index < -0.39 is 27.6 Å². The lowest BCUT2D eigenvalue weighted by Gasteiger charge is -2.12. The fraction of sp³-hybridized carbons (Fsp3) is 0.583. The molecule has 0 spiro atoms. The van der Waals surface area contributed by atoms with Gasteiger partial charge in [-0.3, -0.25) is 0 Å². The zero-order chi connectivity index (χ0) is 15.5. The number of ether oxygens (including phenoxy) is 1. The fourth-order valence-electron chi connectivity index (χ4n) is 1.72. The average Bonchev–Trinajstić information content (AvgIpc) is 3.17. The van der Waals surface area contributed by atoms with Crippen molar-refractivity contribution in [3.63, 3.8) is 0 Å². The molecular formula is C12H15F3N2O3S. The van der Waals surface area contributed by atoms with Crippen LogP contribution in [-0.4, -0.2) is 32.3 Å². The molecule has 0 unspecified atom stereocenters. The second-order valence-corrected chi connectivity index (χ2v) is 6.67. The highest BCUT2D eigenvalue weighted by molar-refractivity contribution is 7.89. The summed E-state index contributed by atoms with van der Waals surface area (Å²) in [5, 5.41) is 0. The van der Waals surface area contributed by atoms with Gasteiger partial charge in [-0.05, 0) is 30.9 Å². The molecule has 0 atom stereocenters. The Hall–Kier alpha value is -1.35. The van der Waals surface area contributed by atoms with Crippen LogP contribution in [0.4, 0.5) is 13.2 Å². The largest absolute Gasteiger partial charge is 0.476 e. The topological polar surface area (TPSA) is 68.3 Å². The minimum atomic E-state index is -4.56. The van der Waals surface area contributed by atoms with Crippen molar-refractivity contribution in [1.29, 1.82) is 0 Å². The molecule has 9 heteroatoms. The highest BCUT2D eigenvalue weighted by Gasteiger charge is 2.35. The van der Waals surface area contributed by atoms with E-state index in [1.807, 2.05) is 0 Å². The van der Waals surface area contributed by atoms with E-state index >= 15 is 0 Å². The van der Waals surface area contributed by atoms with E-state index in [2.05, 4.69) is 9.71 Å². The third-order valence-corrected chi connectivity index (χ3v) is 4.45. The third kappa shape index (κ3) is 5.16. The van der Waals surface area contributed by atoms with Crippen LogP contribution in [0.25, 0.3) is 0 Å². The molecule has 21 heavy (non-hydrogen) atoms. The lowest BCUT2D eigenvalue weighted by molar-refractivity contribution is -0.139. The molecule has 5 nitrogen and oxygen atoms in total. The van der Waals surface area contributed by atoms with Gasteiger partial charge < -0.3 is 4.74 Å². The van der Waals surface area contributed by atoms with Gasteiger partial charge in [0.05, 0.1) is 5.75 Å². The van der Waals surface area contributed by atoms with Gasteiger partial charge in [-0.15, -0.1) is 0 Å². The Labute approximate surface area is 120 Å². The molecule has 1 saturated carbocycles. The first-order chi connectivity index (χ1) is 9.78. The summed E-state index contributed by atoms with van der Waals surface area (Å²) < 4.78 is 68.3. The molecule has 0 amide bonds. The summed E-state index contributed by atoms with van der Waals surface area (Å²) in [7, 11) is -3.38. The van der Waals surface area contributed by atoms with Crippen LogP contribution in [0.5, 0.6) is 5.88 Å². The Morgan fingerprint density at radius 3 is 2.71 bits per heavy atom. The van der Waals surface area contributed by atoms with Gasteiger partial charge in [0.25, 0.3) is 0 Å². The second kappa shape index (κ2) is 6.18. The Balaban J connectivity index is 1.83. The average molecular weight is 324 g/mol. The van der Waals surface area contributed by atoms with Crippen LogP contribution in [0.3, 0.4) is 0 Å². The van der Waals surface area contributed by atoms with Crippen molar-refractivity contribution in [2.45, 2.75) is 19.0 Å². The second-order valence-electron chi connectivity index (χ2n) is 4.82. The molecule has 1 aromatic rings. The molecule has 0 aromatic carbocycles. The van der Waals surface area contributed by atoms with Gasteiger partial charge in [0.1, 0.15) is 12.2 Å². The number of nitrogens with zero attached hydrogens (tertiary/aromatic N) is 1. The molecule has 1 aliphatic rings. The van der Waals surface area contributed by atoms with E-state index in [9.17, 15) is 21.6 Å². The summed E-state index contributed by atoms with van der Waals surface area (Å²) in [5.74, 6) is -0.285. The maximum atomic E-state index is 12.7. The van der Waals surface area contributed by atoms with Crippen molar-refractivity contribution < 1.29 is 26.3 Å². The molecule has 1 fully saturated rings. The first-order valence-corrected chi connectivity index (χ1v) is 8.05. The van der Waals surface area contributed by atoms with Crippen LogP contribution in [0.2, 0.25) is 0 Å². The first kappa shape index (κ1) is 16.0. The fourth-order valence-corrected chi connectivity index (χ4v) is 3.19. The Bertz CT molecular complexity index is 586. The molecule has 118 valence electrons. The number of rotatable bonds is 7. The summed E-state index contributed by atoms with van der Waals surface area (Å²) >= 11 is 0. The number of halogens is 3. The smallest absolute Gasteiger partial charge is 0.421 e. The minimum Gasteiger partial charge on any atom is -0.476 e. The molecule has 2 rings (SSSR count). The molecule has 1 aromatic heterocycles. The Morgan fingerprint density at radius 2 is 2.10 bits per heavy atom. The van der Waals surface area contributed by atoms with Crippen LogP contribution in [0.1, 0.15) is 18.4 Å². The molecule has 0 radical (unpaired) electrons. The van der Waals surface area contributed by atoms with E-state index in [0.717, 1.165) is 25.0 Å². The van der Waals surface area contributed by atoms with Crippen LogP contribution in [-0.2, 0) is 16.2 Å². The number of hydrogen-bond acceptors (Lipinski definition) is 4. The van der Waals surface area contributed by atoms with Gasteiger partial charge in [0, 0.05) is 12.7 Å². The van der Waals surface area contributed by atoms with Crippen molar-refractivity contribution in [3.8, 4) is 5.88 Å². The number of sulfonamides is 1. The predicted molar refractivity (Wildman–Crippen MR) is 69.2 cm³/mol. The molecule has 0 saturated heterocycles. The molecule has 0 aliphatic heterocycles. The monoisotopic (exact) mass is 324 g/mol. The molecule has 1 heterocycles. The van der Waals surface area contributed by atoms with Crippen LogP contribution >= 0.6 is 0 Å². The van der Waals surface area contributed by atoms with Crippen molar-refractivity contribution in [3.05, 3.63) is 23.9 Å². The maximum absolute atomic E-state index is 12.7. The van der Waals surface area contributed by atoms with Crippen molar-refractivity contribution in [2.24, 2.45) is 5.92 Å². The zero-order valence-electron chi connectivity index (χ0n) is 11.1. The van der Waals surface area contributed by atoms with E-state index in [1.165, 1.54) is 6.20 Å². The molecule has 1 N–H and O–H groups in total. The van der Waals surface area contributed by atoms with E-state index in [1.54, 1.807) is 0 Å². The van der Waals surface area contributed by atoms with Crippen LogP contribution in [0.15, 0.2) is 18.3 Å². The van der Waals surface area contributed by atoms with E-state index in [0.29, 0.717) is 0 Å². The van der Waals surface area contributed by atoms with E-state index in [4.69, 9.17) is 4.74 Å². The van der Waals surface area contributed by atoms with Gasteiger partial charge in [0.2, 0.25) is 15.9 Å². The summed E-state index contributed by atoms with van der Waals surface area (Å²) in [6.07, 6.45) is -1.57. The van der Waals surface area contributed by atoms with E-state index in [-0.39, 0.29) is 24.8 Å².